The number of aryl methyl sites for hydroxylation is 1. The topological polar surface area (TPSA) is 66.8 Å². The van der Waals surface area contributed by atoms with E-state index in [1.807, 2.05) is 43.3 Å². The van der Waals surface area contributed by atoms with E-state index < -0.39 is 17.5 Å². The number of carbonyl (C=O) groups excluding carboxylic acids is 1. The SMILES string of the molecule is Cc1cccc2c1N(Cc1ccccc1)C(=O)C(C)(C(=O)O)O2. The van der Waals surface area contributed by atoms with Crippen molar-refractivity contribution in [1.29, 1.82) is 0 Å². The molecule has 0 fully saturated rings. The van der Waals surface area contributed by atoms with E-state index >= 15 is 0 Å². The molecule has 2 aromatic rings. The van der Waals surface area contributed by atoms with Crippen LogP contribution in [0.2, 0.25) is 0 Å². The Balaban J connectivity index is 2.12. The number of amides is 1. The Morgan fingerprint density at radius 1 is 1.17 bits per heavy atom. The Bertz CT molecular complexity index is 772. The van der Waals surface area contributed by atoms with Gasteiger partial charge in [0.1, 0.15) is 5.75 Å². The molecule has 1 heterocycles. The van der Waals surface area contributed by atoms with Crippen LogP contribution in [-0.2, 0) is 16.1 Å². The molecule has 118 valence electrons. The lowest BCUT2D eigenvalue weighted by molar-refractivity contribution is -0.161. The second kappa shape index (κ2) is 5.43. The molecule has 1 atom stereocenters. The number of fused-ring (bicyclic) bond motifs is 1. The third-order valence-electron chi connectivity index (χ3n) is 4.03. The van der Waals surface area contributed by atoms with Gasteiger partial charge in [-0.3, -0.25) is 4.79 Å². The lowest BCUT2D eigenvalue weighted by Gasteiger charge is -2.39. The number of rotatable bonds is 3. The summed E-state index contributed by atoms with van der Waals surface area (Å²) >= 11 is 0. The summed E-state index contributed by atoms with van der Waals surface area (Å²) in [7, 11) is 0. The Morgan fingerprint density at radius 3 is 2.52 bits per heavy atom. The smallest absolute Gasteiger partial charge is 0.357 e. The molecule has 1 aliphatic heterocycles. The standard InChI is InChI=1S/C18H17NO4/c1-12-7-6-10-14-15(12)19(11-13-8-4-3-5-9-13)16(20)18(2,23-14)17(21)22/h3-10H,11H2,1-2H3,(H,21,22). The van der Waals surface area contributed by atoms with Crippen molar-refractivity contribution in [2.75, 3.05) is 4.90 Å². The number of anilines is 1. The minimum Gasteiger partial charge on any atom is -0.478 e. The number of carboxylic acid groups (broad SMARTS) is 1. The predicted octanol–water partition coefficient (Wildman–Crippen LogP) is 2.76. The molecule has 5 nitrogen and oxygen atoms in total. The number of hydrogen-bond donors (Lipinski definition) is 1. The fourth-order valence-electron chi connectivity index (χ4n) is 2.73. The van der Waals surface area contributed by atoms with Crippen molar-refractivity contribution < 1.29 is 19.4 Å². The van der Waals surface area contributed by atoms with E-state index in [0.717, 1.165) is 11.1 Å². The molecule has 0 saturated carbocycles. The normalized spacial score (nSPS) is 19.9. The van der Waals surface area contributed by atoms with Crippen LogP contribution in [0.25, 0.3) is 0 Å². The molecule has 0 saturated heterocycles. The number of ether oxygens (including phenoxy) is 1. The van der Waals surface area contributed by atoms with E-state index in [1.54, 1.807) is 12.1 Å². The van der Waals surface area contributed by atoms with Crippen LogP contribution in [0.5, 0.6) is 5.75 Å². The van der Waals surface area contributed by atoms with Crippen molar-refractivity contribution in [2.24, 2.45) is 0 Å². The summed E-state index contributed by atoms with van der Waals surface area (Å²) in [5.41, 5.74) is 0.485. The number of nitrogens with zero attached hydrogens (tertiary/aromatic N) is 1. The van der Waals surface area contributed by atoms with Crippen molar-refractivity contribution in [2.45, 2.75) is 26.0 Å². The zero-order valence-electron chi connectivity index (χ0n) is 12.9. The zero-order chi connectivity index (χ0) is 16.6. The second-order valence-corrected chi connectivity index (χ2v) is 5.74. The van der Waals surface area contributed by atoms with Crippen molar-refractivity contribution in [1.82, 2.24) is 0 Å². The third-order valence-corrected chi connectivity index (χ3v) is 4.03. The van der Waals surface area contributed by atoms with E-state index in [4.69, 9.17) is 4.74 Å². The highest BCUT2D eigenvalue weighted by atomic mass is 16.5. The second-order valence-electron chi connectivity index (χ2n) is 5.74. The molecule has 1 N–H and O–H groups in total. The van der Waals surface area contributed by atoms with Gasteiger partial charge < -0.3 is 14.7 Å². The van der Waals surface area contributed by atoms with Crippen molar-refractivity contribution >= 4 is 17.6 Å². The fraction of sp³-hybridized carbons (Fsp3) is 0.222. The van der Waals surface area contributed by atoms with Gasteiger partial charge in [-0.05, 0) is 31.0 Å². The Labute approximate surface area is 134 Å². The van der Waals surface area contributed by atoms with Gasteiger partial charge in [-0.2, -0.15) is 0 Å². The first-order valence-electron chi connectivity index (χ1n) is 7.31. The van der Waals surface area contributed by atoms with Crippen molar-refractivity contribution in [3.63, 3.8) is 0 Å². The van der Waals surface area contributed by atoms with Crippen LogP contribution in [0.4, 0.5) is 5.69 Å². The van der Waals surface area contributed by atoms with Gasteiger partial charge in [0.05, 0.1) is 12.2 Å². The minimum atomic E-state index is -1.92. The number of carbonyl (C=O) groups is 2. The summed E-state index contributed by atoms with van der Waals surface area (Å²) in [6.45, 7) is 3.46. The van der Waals surface area contributed by atoms with E-state index in [-0.39, 0.29) is 0 Å². The first kappa shape index (κ1) is 15.1. The summed E-state index contributed by atoms with van der Waals surface area (Å²) in [6.07, 6.45) is 0. The van der Waals surface area contributed by atoms with Crippen LogP contribution < -0.4 is 9.64 Å². The van der Waals surface area contributed by atoms with Crippen LogP contribution in [0.3, 0.4) is 0 Å². The lowest BCUT2D eigenvalue weighted by Crippen LogP contribution is -2.58. The molecule has 0 bridgehead atoms. The Morgan fingerprint density at radius 2 is 1.87 bits per heavy atom. The first-order valence-corrected chi connectivity index (χ1v) is 7.31. The fourth-order valence-corrected chi connectivity index (χ4v) is 2.73. The van der Waals surface area contributed by atoms with E-state index in [1.165, 1.54) is 11.8 Å². The highest BCUT2D eigenvalue weighted by Crippen LogP contribution is 2.41. The minimum absolute atomic E-state index is 0.295. The van der Waals surface area contributed by atoms with E-state index in [0.29, 0.717) is 18.0 Å². The molecule has 3 rings (SSSR count). The molecule has 1 amide bonds. The first-order chi connectivity index (χ1) is 10.9. The number of hydrogen-bond acceptors (Lipinski definition) is 3. The maximum absolute atomic E-state index is 12.8. The number of aliphatic carboxylic acids is 1. The molecule has 0 aromatic heterocycles. The van der Waals surface area contributed by atoms with Gasteiger partial charge in [-0.25, -0.2) is 4.79 Å². The van der Waals surface area contributed by atoms with Crippen molar-refractivity contribution in [3.8, 4) is 5.75 Å². The van der Waals surface area contributed by atoms with Crippen LogP contribution in [0, 0.1) is 6.92 Å². The van der Waals surface area contributed by atoms with Crippen LogP contribution in [-0.4, -0.2) is 22.6 Å². The summed E-state index contributed by atoms with van der Waals surface area (Å²) in [5, 5.41) is 9.47. The van der Waals surface area contributed by atoms with Crippen LogP contribution in [0.15, 0.2) is 48.5 Å². The molecular weight excluding hydrogens is 294 g/mol. The maximum atomic E-state index is 12.8. The molecule has 23 heavy (non-hydrogen) atoms. The molecule has 0 spiro atoms. The van der Waals surface area contributed by atoms with E-state index in [9.17, 15) is 14.7 Å². The van der Waals surface area contributed by atoms with Gasteiger partial charge in [0.2, 0.25) is 0 Å². The van der Waals surface area contributed by atoms with Crippen LogP contribution in [0.1, 0.15) is 18.1 Å². The third kappa shape index (κ3) is 2.44. The van der Waals surface area contributed by atoms with Gasteiger partial charge in [-0.15, -0.1) is 0 Å². The average molecular weight is 311 g/mol. The van der Waals surface area contributed by atoms with Crippen LogP contribution >= 0.6 is 0 Å². The largest absolute Gasteiger partial charge is 0.478 e. The zero-order valence-corrected chi connectivity index (χ0v) is 12.9. The Kier molecular flexibility index (Phi) is 3.56. The molecular formula is C18H17NO4. The van der Waals surface area contributed by atoms with Gasteiger partial charge in [0.15, 0.2) is 0 Å². The molecule has 0 radical (unpaired) electrons. The lowest BCUT2D eigenvalue weighted by atomic mass is 9.99. The maximum Gasteiger partial charge on any atom is 0.357 e. The predicted molar refractivity (Wildman–Crippen MR) is 85.5 cm³/mol. The summed E-state index contributed by atoms with van der Waals surface area (Å²) in [4.78, 5) is 25.9. The van der Waals surface area contributed by atoms with E-state index in [2.05, 4.69) is 0 Å². The molecule has 0 aliphatic carbocycles. The molecule has 5 heteroatoms. The quantitative estimate of drug-likeness (QED) is 0.885. The number of benzene rings is 2. The highest BCUT2D eigenvalue weighted by Gasteiger charge is 2.51. The Hall–Kier alpha value is -2.82. The molecule has 1 unspecified atom stereocenters. The number of carboxylic acids is 1. The van der Waals surface area contributed by atoms with Gasteiger partial charge in [0, 0.05) is 0 Å². The highest BCUT2D eigenvalue weighted by molar-refractivity contribution is 6.14. The van der Waals surface area contributed by atoms with Crippen molar-refractivity contribution in [3.05, 3.63) is 59.7 Å². The number of para-hydroxylation sites is 1. The summed E-state index contributed by atoms with van der Waals surface area (Å²) in [6, 6.07) is 14.8. The summed E-state index contributed by atoms with van der Waals surface area (Å²) < 4.78 is 5.55. The van der Waals surface area contributed by atoms with Gasteiger partial charge in [-0.1, -0.05) is 42.5 Å². The monoisotopic (exact) mass is 311 g/mol. The van der Waals surface area contributed by atoms with Gasteiger partial charge in [0.25, 0.3) is 11.5 Å². The molecule has 1 aliphatic rings. The summed E-state index contributed by atoms with van der Waals surface area (Å²) in [5.74, 6) is -1.46. The van der Waals surface area contributed by atoms with Gasteiger partial charge >= 0.3 is 5.97 Å². The average Bonchev–Trinajstić information content (AvgIpc) is 2.52. The molecule has 2 aromatic carbocycles.